The highest BCUT2D eigenvalue weighted by Gasteiger charge is 2.09. The van der Waals surface area contributed by atoms with Gasteiger partial charge in [-0.1, -0.05) is 22.9 Å². The van der Waals surface area contributed by atoms with Crippen molar-refractivity contribution < 1.29 is 4.74 Å². The monoisotopic (exact) mass is 340 g/mol. The molecule has 1 aromatic heterocycles. The van der Waals surface area contributed by atoms with Gasteiger partial charge in [0.25, 0.3) is 0 Å². The number of hydrogen-bond acceptors (Lipinski definition) is 4. The molecule has 0 amide bonds. The predicted molar refractivity (Wildman–Crippen MR) is 82.6 cm³/mol. The van der Waals surface area contributed by atoms with Gasteiger partial charge in [-0.05, 0) is 36.6 Å². The van der Waals surface area contributed by atoms with Crippen molar-refractivity contribution in [2.24, 2.45) is 5.73 Å². The maximum Gasteiger partial charge on any atom is 0.131 e. The SMILES string of the molecule is CCC(N)Cc1cc(Br)ccc1OCc1cscn1. The molecule has 1 atom stereocenters. The number of ether oxygens (including phenoxy) is 1. The fourth-order valence-corrected chi connectivity index (χ4v) is 2.69. The molecule has 0 fully saturated rings. The molecule has 0 aliphatic carbocycles. The molecular formula is C14H17BrN2OS. The van der Waals surface area contributed by atoms with Crippen LogP contribution in [-0.2, 0) is 13.0 Å². The number of hydrogen-bond donors (Lipinski definition) is 1. The molecule has 2 N–H and O–H groups in total. The van der Waals surface area contributed by atoms with Crippen LogP contribution in [0, 0.1) is 0 Å². The number of rotatable bonds is 6. The van der Waals surface area contributed by atoms with Gasteiger partial charge in [0.1, 0.15) is 12.4 Å². The summed E-state index contributed by atoms with van der Waals surface area (Å²) in [7, 11) is 0. The van der Waals surface area contributed by atoms with E-state index in [0.717, 1.165) is 34.3 Å². The third kappa shape index (κ3) is 4.30. The van der Waals surface area contributed by atoms with Gasteiger partial charge in [-0.25, -0.2) is 4.98 Å². The second kappa shape index (κ2) is 7.03. The second-order valence-electron chi connectivity index (χ2n) is 4.39. The summed E-state index contributed by atoms with van der Waals surface area (Å²) in [5.74, 6) is 0.889. The first-order valence-corrected chi connectivity index (χ1v) is 7.96. The van der Waals surface area contributed by atoms with Crippen LogP contribution in [0.3, 0.4) is 0 Å². The molecule has 0 aliphatic rings. The van der Waals surface area contributed by atoms with E-state index in [0.29, 0.717) is 6.61 Å². The average molecular weight is 341 g/mol. The summed E-state index contributed by atoms with van der Waals surface area (Å²) in [5.41, 5.74) is 9.94. The lowest BCUT2D eigenvalue weighted by molar-refractivity contribution is 0.298. The van der Waals surface area contributed by atoms with E-state index in [9.17, 15) is 0 Å². The quantitative estimate of drug-likeness (QED) is 0.870. The lowest BCUT2D eigenvalue weighted by atomic mass is 10.0. The lowest BCUT2D eigenvalue weighted by Gasteiger charge is -2.14. The van der Waals surface area contributed by atoms with E-state index in [1.807, 2.05) is 23.0 Å². The second-order valence-corrected chi connectivity index (χ2v) is 6.03. The molecule has 0 aliphatic heterocycles. The van der Waals surface area contributed by atoms with Gasteiger partial charge in [0.2, 0.25) is 0 Å². The molecule has 1 heterocycles. The van der Waals surface area contributed by atoms with E-state index < -0.39 is 0 Å². The normalized spacial score (nSPS) is 12.4. The number of aromatic nitrogens is 1. The van der Waals surface area contributed by atoms with Gasteiger partial charge < -0.3 is 10.5 Å². The van der Waals surface area contributed by atoms with Gasteiger partial charge in [0, 0.05) is 15.9 Å². The lowest BCUT2D eigenvalue weighted by Crippen LogP contribution is -2.21. The van der Waals surface area contributed by atoms with Crippen LogP contribution < -0.4 is 10.5 Å². The van der Waals surface area contributed by atoms with E-state index in [2.05, 4.69) is 33.9 Å². The smallest absolute Gasteiger partial charge is 0.131 e. The zero-order valence-electron chi connectivity index (χ0n) is 10.8. The molecule has 1 unspecified atom stereocenters. The number of benzene rings is 1. The van der Waals surface area contributed by atoms with E-state index >= 15 is 0 Å². The molecule has 5 heteroatoms. The highest BCUT2D eigenvalue weighted by Crippen LogP contribution is 2.25. The van der Waals surface area contributed by atoms with Crippen LogP contribution in [0.5, 0.6) is 5.75 Å². The molecule has 2 rings (SSSR count). The minimum Gasteiger partial charge on any atom is -0.487 e. The first kappa shape index (κ1) is 14.5. The summed E-state index contributed by atoms with van der Waals surface area (Å²) in [6.07, 6.45) is 1.78. The largest absolute Gasteiger partial charge is 0.487 e. The molecule has 102 valence electrons. The van der Waals surface area contributed by atoms with E-state index in [1.165, 1.54) is 0 Å². The Hall–Kier alpha value is -0.910. The molecular weight excluding hydrogens is 324 g/mol. The molecule has 3 nitrogen and oxygen atoms in total. The van der Waals surface area contributed by atoms with Gasteiger partial charge in [-0.2, -0.15) is 0 Å². The third-order valence-electron chi connectivity index (χ3n) is 2.89. The van der Waals surface area contributed by atoms with Crippen LogP contribution in [0.1, 0.15) is 24.6 Å². The van der Waals surface area contributed by atoms with Crippen LogP contribution in [0.4, 0.5) is 0 Å². The first-order chi connectivity index (χ1) is 9.19. The third-order valence-corrected chi connectivity index (χ3v) is 4.02. The summed E-state index contributed by atoms with van der Waals surface area (Å²) in [6.45, 7) is 2.60. The van der Waals surface area contributed by atoms with Crippen LogP contribution in [0.25, 0.3) is 0 Å². The summed E-state index contributed by atoms with van der Waals surface area (Å²) in [6, 6.07) is 6.20. The Morgan fingerprint density at radius 3 is 3.00 bits per heavy atom. The Labute approximate surface area is 125 Å². The van der Waals surface area contributed by atoms with Gasteiger partial charge in [0.15, 0.2) is 0 Å². The molecule has 0 radical (unpaired) electrons. The van der Waals surface area contributed by atoms with Crippen molar-refractivity contribution in [2.45, 2.75) is 32.4 Å². The Morgan fingerprint density at radius 2 is 2.32 bits per heavy atom. The molecule has 1 aromatic carbocycles. The number of thiazole rings is 1. The Kier molecular flexibility index (Phi) is 5.36. The van der Waals surface area contributed by atoms with Crippen molar-refractivity contribution in [3.05, 3.63) is 44.8 Å². The van der Waals surface area contributed by atoms with Crippen molar-refractivity contribution in [1.29, 1.82) is 0 Å². The summed E-state index contributed by atoms with van der Waals surface area (Å²) >= 11 is 5.07. The topological polar surface area (TPSA) is 48.1 Å². The highest BCUT2D eigenvalue weighted by molar-refractivity contribution is 9.10. The van der Waals surface area contributed by atoms with Gasteiger partial charge in [-0.15, -0.1) is 11.3 Å². The highest BCUT2D eigenvalue weighted by atomic mass is 79.9. The summed E-state index contributed by atoms with van der Waals surface area (Å²) < 4.78 is 6.90. The first-order valence-electron chi connectivity index (χ1n) is 6.23. The van der Waals surface area contributed by atoms with Crippen LogP contribution in [0.15, 0.2) is 33.6 Å². The minimum absolute atomic E-state index is 0.163. The average Bonchev–Trinajstić information content (AvgIpc) is 2.91. The predicted octanol–water partition coefficient (Wildman–Crippen LogP) is 3.76. The fraction of sp³-hybridized carbons (Fsp3) is 0.357. The van der Waals surface area contributed by atoms with Crippen LogP contribution in [0.2, 0.25) is 0 Å². The zero-order valence-corrected chi connectivity index (χ0v) is 13.2. The maximum atomic E-state index is 6.03. The van der Waals surface area contributed by atoms with Gasteiger partial charge in [-0.3, -0.25) is 0 Å². The van der Waals surface area contributed by atoms with Crippen molar-refractivity contribution in [1.82, 2.24) is 4.98 Å². The number of nitrogens with zero attached hydrogens (tertiary/aromatic N) is 1. The van der Waals surface area contributed by atoms with Crippen molar-refractivity contribution >= 4 is 27.3 Å². The standard InChI is InChI=1S/C14H17BrN2OS/c1-2-12(16)6-10-5-11(15)3-4-14(10)18-7-13-8-19-9-17-13/h3-5,8-9,12H,2,6-7,16H2,1H3. The Morgan fingerprint density at radius 1 is 1.47 bits per heavy atom. The van der Waals surface area contributed by atoms with Crippen molar-refractivity contribution in [3.63, 3.8) is 0 Å². The molecule has 0 spiro atoms. The maximum absolute atomic E-state index is 6.03. The molecule has 0 saturated heterocycles. The molecule has 19 heavy (non-hydrogen) atoms. The minimum atomic E-state index is 0.163. The number of nitrogens with two attached hydrogens (primary N) is 1. The summed E-state index contributed by atoms with van der Waals surface area (Å²) in [4.78, 5) is 4.22. The van der Waals surface area contributed by atoms with Crippen LogP contribution >= 0.6 is 27.3 Å². The van der Waals surface area contributed by atoms with Crippen LogP contribution in [-0.4, -0.2) is 11.0 Å². The van der Waals surface area contributed by atoms with Gasteiger partial charge >= 0.3 is 0 Å². The number of halogens is 1. The molecule has 0 saturated carbocycles. The molecule has 2 aromatic rings. The Bertz CT molecular complexity index is 516. The fourth-order valence-electron chi connectivity index (χ4n) is 1.74. The molecule has 0 bridgehead atoms. The van der Waals surface area contributed by atoms with Gasteiger partial charge in [0.05, 0.1) is 11.2 Å². The van der Waals surface area contributed by atoms with E-state index in [4.69, 9.17) is 10.5 Å². The van der Waals surface area contributed by atoms with E-state index in [1.54, 1.807) is 11.3 Å². The Balaban J connectivity index is 2.09. The zero-order chi connectivity index (χ0) is 13.7. The van der Waals surface area contributed by atoms with E-state index in [-0.39, 0.29) is 6.04 Å². The van der Waals surface area contributed by atoms with Crippen molar-refractivity contribution in [3.8, 4) is 5.75 Å². The van der Waals surface area contributed by atoms with Crippen molar-refractivity contribution in [2.75, 3.05) is 0 Å². The summed E-state index contributed by atoms with van der Waals surface area (Å²) in [5, 5.41) is 2.00.